The van der Waals surface area contributed by atoms with Gasteiger partial charge in [-0.3, -0.25) is 9.78 Å². The van der Waals surface area contributed by atoms with E-state index < -0.39 is 5.91 Å². The van der Waals surface area contributed by atoms with Gasteiger partial charge in [0, 0.05) is 38.2 Å². The summed E-state index contributed by atoms with van der Waals surface area (Å²) in [5, 5.41) is 3.24. The van der Waals surface area contributed by atoms with Crippen LogP contribution in [0.2, 0.25) is 0 Å². The van der Waals surface area contributed by atoms with Crippen molar-refractivity contribution in [2.24, 2.45) is 5.73 Å². The first kappa shape index (κ1) is 13.9. The summed E-state index contributed by atoms with van der Waals surface area (Å²) in [7, 11) is 4.02. The number of hydrogen-bond acceptors (Lipinski definition) is 4. The van der Waals surface area contributed by atoms with Crippen LogP contribution in [0.3, 0.4) is 0 Å². The number of nitrogens with one attached hydrogen (secondary N) is 1. The van der Waals surface area contributed by atoms with Crippen LogP contribution in [0, 0.1) is 0 Å². The van der Waals surface area contributed by atoms with Gasteiger partial charge in [0.2, 0.25) is 0 Å². The second-order valence-electron chi connectivity index (χ2n) is 4.71. The maximum absolute atomic E-state index is 11.1. The fourth-order valence-electron chi connectivity index (χ4n) is 1.79. The standard InChI is InChI=1S/C15H18N4O/c1-19(2)13-5-3-11(4-6-13)10-18-12-7-8-17-14(9-12)15(16)20/h3-9H,10H2,1-2H3,(H2,16,20)(H,17,18). The summed E-state index contributed by atoms with van der Waals surface area (Å²) in [6, 6.07) is 11.7. The van der Waals surface area contributed by atoms with Crippen LogP contribution >= 0.6 is 0 Å². The molecule has 1 aromatic heterocycles. The lowest BCUT2D eigenvalue weighted by atomic mass is 10.2. The fourth-order valence-corrected chi connectivity index (χ4v) is 1.79. The number of hydrogen-bond donors (Lipinski definition) is 2. The Kier molecular flexibility index (Phi) is 4.20. The quantitative estimate of drug-likeness (QED) is 0.870. The number of primary amides is 1. The van der Waals surface area contributed by atoms with Crippen molar-refractivity contribution in [1.82, 2.24) is 4.98 Å². The van der Waals surface area contributed by atoms with E-state index in [1.54, 1.807) is 18.3 Å². The first-order chi connectivity index (χ1) is 9.56. The number of pyridine rings is 1. The van der Waals surface area contributed by atoms with E-state index in [-0.39, 0.29) is 5.69 Å². The van der Waals surface area contributed by atoms with Crippen molar-refractivity contribution in [2.75, 3.05) is 24.3 Å². The average molecular weight is 270 g/mol. The van der Waals surface area contributed by atoms with Crippen LogP contribution in [0.5, 0.6) is 0 Å². The van der Waals surface area contributed by atoms with Crippen molar-refractivity contribution >= 4 is 17.3 Å². The molecule has 0 radical (unpaired) electrons. The number of aromatic nitrogens is 1. The Balaban J connectivity index is 2.01. The molecule has 1 heterocycles. The Morgan fingerprint density at radius 3 is 2.55 bits per heavy atom. The molecule has 0 unspecified atom stereocenters. The molecular formula is C15H18N4O. The molecule has 5 nitrogen and oxygen atoms in total. The topological polar surface area (TPSA) is 71.2 Å². The molecule has 104 valence electrons. The number of carbonyl (C=O) groups excluding carboxylic acids is 1. The Hall–Kier alpha value is -2.56. The minimum absolute atomic E-state index is 0.262. The molecule has 0 saturated heterocycles. The summed E-state index contributed by atoms with van der Waals surface area (Å²) in [6.45, 7) is 0.677. The zero-order chi connectivity index (χ0) is 14.5. The maximum Gasteiger partial charge on any atom is 0.267 e. The lowest BCUT2D eigenvalue weighted by Crippen LogP contribution is -2.13. The molecule has 0 spiro atoms. The van der Waals surface area contributed by atoms with E-state index in [0.717, 1.165) is 16.9 Å². The molecule has 0 saturated carbocycles. The SMILES string of the molecule is CN(C)c1ccc(CNc2ccnc(C(N)=O)c2)cc1. The van der Waals surface area contributed by atoms with Crippen molar-refractivity contribution < 1.29 is 4.79 Å². The summed E-state index contributed by atoms with van der Waals surface area (Å²) in [5.74, 6) is -0.524. The third-order valence-electron chi connectivity index (χ3n) is 2.96. The van der Waals surface area contributed by atoms with Gasteiger partial charge in [-0.05, 0) is 29.8 Å². The molecule has 0 bridgehead atoms. The third-order valence-corrected chi connectivity index (χ3v) is 2.96. The highest BCUT2D eigenvalue weighted by atomic mass is 16.1. The normalized spacial score (nSPS) is 10.1. The maximum atomic E-state index is 11.1. The zero-order valence-electron chi connectivity index (χ0n) is 11.6. The molecule has 2 aromatic rings. The van der Waals surface area contributed by atoms with Gasteiger partial charge in [0.15, 0.2) is 0 Å². The Labute approximate surface area is 118 Å². The minimum atomic E-state index is -0.524. The Morgan fingerprint density at radius 1 is 1.25 bits per heavy atom. The van der Waals surface area contributed by atoms with Crippen molar-refractivity contribution in [1.29, 1.82) is 0 Å². The number of nitrogens with zero attached hydrogens (tertiary/aromatic N) is 2. The molecule has 2 rings (SSSR count). The molecule has 0 aliphatic rings. The van der Waals surface area contributed by atoms with E-state index in [1.165, 1.54) is 0 Å². The first-order valence-electron chi connectivity index (χ1n) is 6.32. The van der Waals surface area contributed by atoms with Crippen molar-refractivity contribution in [3.8, 4) is 0 Å². The van der Waals surface area contributed by atoms with Gasteiger partial charge in [-0.2, -0.15) is 0 Å². The fraction of sp³-hybridized carbons (Fsp3) is 0.200. The van der Waals surface area contributed by atoms with Crippen LogP contribution in [0.25, 0.3) is 0 Å². The van der Waals surface area contributed by atoms with Gasteiger partial charge in [-0.25, -0.2) is 0 Å². The predicted octanol–water partition coefficient (Wildman–Crippen LogP) is 1.86. The minimum Gasteiger partial charge on any atom is -0.381 e. The number of amides is 1. The molecule has 0 aliphatic carbocycles. The van der Waals surface area contributed by atoms with Gasteiger partial charge in [0.25, 0.3) is 5.91 Å². The van der Waals surface area contributed by atoms with Gasteiger partial charge in [0.1, 0.15) is 5.69 Å². The van der Waals surface area contributed by atoms with Crippen LogP contribution in [0.4, 0.5) is 11.4 Å². The van der Waals surface area contributed by atoms with Gasteiger partial charge in [0.05, 0.1) is 0 Å². The summed E-state index contributed by atoms with van der Waals surface area (Å²) in [6.07, 6.45) is 1.57. The summed E-state index contributed by atoms with van der Waals surface area (Å²) in [5.41, 5.74) is 8.61. The molecule has 20 heavy (non-hydrogen) atoms. The van der Waals surface area contributed by atoms with E-state index in [1.807, 2.05) is 14.1 Å². The summed E-state index contributed by atoms with van der Waals surface area (Å²) < 4.78 is 0. The molecule has 1 aromatic carbocycles. The van der Waals surface area contributed by atoms with E-state index in [9.17, 15) is 4.79 Å². The highest BCUT2D eigenvalue weighted by Gasteiger charge is 2.03. The van der Waals surface area contributed by atoms with Crippen molar-refractivity contribution in [3.63, 3.8) is 0 Å². The monoisotopic (exact) mass is 270 g/mol. The summed E-state index contributed by atoms with van der Waals surface area (Å²) in [4.78, 5) is 17.0. The highest BCUT2D eigenvalue weighted by Crippen LogP contribution is 2.14. The molecule has 3 N–H and O–H groups in total. The van der Waals surface area contributed by atoms with Crippen LogP contribution < -0.4 is 16.0 Å². The highest BCUT2D eigenvalue weighted by molar-refractivity contribution is 5.91. The van der Waals surface area contributed by atoms with E-state index in [4.69, 9.17) is 5.73 Å². The van der Waals surface area contributed by atoms with Gasteiger partial charge in [-0.15, -0.1) is 0 Å². The number of rotatable bonds is 5. The van der Waals surface area contributed by atoms with Crippen LogP contribution in [-0.2, 0) is 6.54 Å². The van der Waals surface area contributed by atoms with Crippen LogP contribution in [-0.4, -0.2) is 25.0 Å². The number of benzene rings is 1. The van der Waals surface area contributed by atoms with E-state index >= 15 is 0 Å². The molecule has 5 heteroatoms. The Morgan fingerprint density at radius 2 is 1.95 bits per heavy atom. The molecule has 0 fully saturated rings. The van der Waals surface area contributed by atoms with Crippen molar-refractivity contribution in [2.45, 2.75) is 6.54 Å². The van der Waals surface area contributed by atoms with Gasteiger partial charge in [-0.1, -0.05) is 12.1 Å². The lowest BCUT2D eigenvalue weighted by molar-refractivity contribution is 0.0995. The van der Waals surface area contributed by atoms with E-state index in [2.05, 4.69) is 39.5 Å². The third kappa shape index (κ3) is 3.47. The van der Waals surface area contributed by atoms with Crippen molar-refractivity contribution in [3.05, 3.63) is 53.9 Å². The Bertz CT molecular complexity index is 593. The first-order valence-corrected chi connectivity index (χ1v) is 6.32. The largest absolute Gasteiger partial charge is 0.381 e. The number of carbonyl (C=O) groups is 1. The second kappa shape index (κ2) is 6.06. The van der Waals surface area contributed by atoms with Crippen LogP contribution in [0.15, 0.2) is 42.6 Å². The molecule has 0 atom stereocenters. The van der Waals surface area contributed by atoms with Crippen LogP contribution in [0.1, 0.15) is 16.1 Å². The molecule has 1 amide bonds. The molecule has 0 aliphatic heterocycles. The smallest absolute Gasteiger partial charge is 0.267 e. The zero-order valence-corrected chi connectivity index (χ0v) is 11.6. The molecular weight excluding hydrogens is 252 g/mol. The number of anilines is 2. The second-order valence-corrected chi connectivity index (χ2v) is 4.71. The predicted molar refractivity (Wildman–Crippen MR) is 80.9 cm³/mol. The van der Waals surface area contributed by atoms with E-state index in [0.29, 0.717) is 6.54 Å². The summed E-state index contributed by atoms with van der Waals surface area (Å²) >= 11 is 0. The lowest BCUT2D eigenvalue weighted by Gasteiger charge is -2.13. The van der Waals surface area contributed by atoms with Gasteiger partial charge >= 0.3 is 0 Å². The average Bonchev–Trinajstić information content (AvgIpc) is 2.46. The van der Waals surface area contributed by atoms with Gasteiger partial charge < -0.3 is 16.0 Å². The number of nitrogens with two attached hydrogens (primary N) is 1.